The van der Waals surface area contributed by atoms with Crippen LogP contribution in [0, 0.1) is 0 Å². The Hall–Kier alpha value is -0.614. The summed E-state index contributed by atoms with van der Waals surface area (Å²) in [7, 11) is 0.237. The first kappa shape index (κ1) is 62.2. The molecular weight excluding hydrogens is 1150 g/mol. The van der Waals surface area contributed by atoms with Gasteiger partial charge in [0.05, 0.1) is 0 Å². The van der Waals surface area contributed by atoms with Gasteiger partial charge in [-0.1, -0.05) is 117 Å². The van der Waals surface area contributed by atoms with Crippen LogP contribution in [0.5, 0.6) is 0 Å². The van der Waals surface area contributed by atoms with Crippen molar-refractivity contribution >= 4 is 96.0 Å². The van der Waals surface area contributed by atoms with E-state index < -0.39 is 0 Å². The number of hydrogen-bond acceptors (Lipinski definition) is 0. The van der Waals surface area contributed by atoms with Crippen LogP contribution in [0.15, 0.2) is 146 Å². The van der Waals surface area contributed by atoms with E-state index in [-0.39, 0.29) is 109 Å². The van der Waals surface area contributed by atoms with E-state index in [1.54, 1.807) is 10.6 Å². The maximum absolute atomic E-state index is 2.55. The Bertz CT molecular complexity index is 2380. The van der Waals surface area contributed by atoms with Crippen LogP contribution in [0.1, 0.15) is 128 Å². The molecule has 0 unspecified atom stereocenters. The molecule has 0 nitrogen and oxygen atoms in total. The molecule has 380 valence electrons. The van der Waals surface area contributed by atoms with Crippen molar-refractivity contribution in [3.8, 4) is 0 Å². The van der Waals surface area contributed by atoms with E-state index >= 15 is 0 Å². The summed E-state index contributed by atoms with van der Waals surface area (Å²) in [4.78, 5) is 0. The minimum Gasteiger partial charge on any atom is -1.00 e. The zero-order valence-electron chi connectivity index (χ0n) is 43.9. The van der Waals surface area contributed by atoms with E-state index in [4.69, 9.17) is 0 Å². The van der Waals surface area contributed by atoms with E-state index in [2.05, 4.69) is 172 Å². The molecule has 4 saturated carbocycles. The van der Waals surface area contributed by atoms with Gasteiger partial charge in [-0.25, -0.2) is 0 Å². The molecule has 0 N–H and O–H groups in total. The van der Waals surface area contributed by atoms with Crippen molar-refractivity contribution in [2.24, 2.45) is 0 Å². The van der Waals surface area contributed by atoms with Gasteiger partial charge in [0.1, 0.15) is 0 Å². The van der Waals surface area contributed by atoms with Crippen LogP contribution in [0.4, 0.5) is 0 Å². The Labute approximate surface area is 491 Å². The van der Waals surface area contributed by atoms with Gasteiger partial charge in [0.15, 0.2) is 0 Å². The molecule has 4 aliphatic carbocycles. The third-order valence-electron chi connectivity index (χ3n) is 15.9. The molecule has 0 heterocycles. The smallest absolute Gasteiger partial charge is 1.00 e. The quantitative estimate of drug-likeness (QED) is 0.105. The Kier molecular flexibility index (Phi) is 27.4. The molecule has 8 heteroatoms. The zero-order chi connectivity index (χ0) is 46.7. The van der Waals surface area contributed by atoms with E-state index in [1.165, 1.54) is 182 Å². The van der Waals surface area contributed by atoms with Crippen LogP contribution >= 0.6 is 31.7 Å². The molecule has 8 aromatic carbocycles. The maximum Gasteiger partial charge on any atom is 2.00 e. The predicted octanol–water partition coefficient (Wildman–Crippen LogP) is 12.5. The van der Waals surface area contributed by atoms with Crippen molar-refractivity contribution < 1.29 is 77.2 Å². The summed E-state index contributed by atoms with van der Waals surface area (Å²) >= 11 is 0. The molecular formula is C64H80Cl2P4Zr2-2. The average molecular weight is 1230 g/mol. The fourth-order valence-electron chi connectivity index (χ4n) is 12.2. The predicted molar refractivity (Wildman–Crippen MR) is 316 cm³/mol. The summed E-state index contributed by atoms with van der Waals surface area (Å²) in [6.45, 7) is 9.18. The van der Waals surface area contributed by atoms with Crippen LogP contribution in [-0.4, -0.2) is 49.3 Å². The summed E-state index contributed by atoms with van der Waals surface area (Å²) in [5, 5.41) is 17.9. The van der Waals surface area contributed by atoms with Crippen molar-refractivity contribution in [1.82, 2.24) is 0 Å². The van der Waals surface area contributed by atoms with Gasteiger partial charge >= 0.3 is 52.4 Å². The average Bonchev–Trinajstić information content (AvgIpc) is 4.21. The molecule has 72 heavy (non-hydrogen) atoms. The van der Waals surface area contributed by atoms with Crippen LogP contribution in [0.25, 0.3) is 43.1 Å². The monoisotopic (exact) mass is 1220 g/mol. The molecule has 0 radical (unpaired) electrons. The van der Waals surface area contributed by atoms with Gasteiger partial charge in [0.2, 0.25) is 0 Å². The SMILES string of the molecule is CP(C)c1cc2ccccc2[cH-]1.CP(C)c1cc2ccccc2[cH-]1.[Cl-].[Cl-].[Zr+2].[Zr+2].c1ccc2[cH-]c(P(C3CCCCC3)C3CCCCC3)cc2c1.c1ccc2[cH-]c(P(C3CCCCC3)C3CCCCC3)cc2c1. The number of hydrogen-bond donors (Lipinski definition) is 0. The first-order valence-electron chi connectivity index (χ1n) is 26.9. The second-order valence-corrected chi connectivity index (χ2v) is 31.3. The van der Waals surface area contributed by atoms with Gasteiger partial charge in [0, 0.05) is 0 Å². The minimum absolute atomic E-state index is 0. The molecule has 4 fully saturated rings. The van der Waals surface area contributed by atoms with Gasteiger partial charge in [-0.3, -0.25) is 0 Å². The van der Waals surface area contributed by atoms with Crippen LogP contribution in [-0.2, 0) is 52.4 Å². The third kappa shape index (κ3) is 16.7. The minimum atomic E-state index is 0. The number of rotatable bonds is 8. The molecule has 4 aliphatic rings. The standard InChI is InChI=1S/2C21H28P.2C11H12P.2ClH.2Zr/c2*1-3-11-19(12-4-1)22(20-13-5-2-6-14-20)21-15-17-9-7-8-10-18(17)16-21;2*1-12(2)11-7-9-5-3-4-6-10(9)8-11;;;;/h2*7-10,15-16,19-20H,1-6,11-14H2;2*3-8H,1-2H3;2*1H;;/q4*-1;;;2*+2/p-2. The molecule has 8 aromatic rings. The molecule has 0 amide bonds. The van der Waals surface area contributed by atoms with Crippen molar-refractivity contribution in [1.29, 1.82) is 0 Å². The van der Waals surface area contributed by atoms with Crippen LogP contribution in [0.3, 0.4) is 0 Å². The van der Waals surface area contributed by atoms with Crippen molar-refractivity contribution in [3.05, 3.63) is 146 Å². The maximum atomic E-state index is 2.55. The van der Waals surface area contributed by atoms with Gasteiger partial charge < -0.3 is 24.8 Å². The van der Waals surface area contributed by atoms with Gasteiger partial charge in [-0.05, 0) is 101 Å². The Morgan fingerprint density at radius 2 is 0.514 bits per heavy atom. The first-order valence-corrected chi connectivity index (χ1v) is 34.3. The topological polar surface area (TPSA) is 0 Å². The van der Waals surface area contributed by atoms with Gasteiger partial charge in [-0.15, -0.1) is 177 Å². The number of fused-ring (bicyclic) bond motifs is 4. The molecule has 0 bridgehead atoms. The fourth-order valence-corrected chi connectivity index (χ4v) is 21.5. The van der Waals surface area contributed by atoms with E-state index in [9.17, 15) is 0 Å². The van der Waals surface area contributed by atoms with E-state index in [0.29, 0.717) is 0 Å². The van der Waals surface area contributed by atoms with E-state index in [1.807, 2.05) is 0 Å². The number of halogens is 2. The van der Waals surface area contributed by atoms with Crippen LogP contribution in [0.2, 0.25) is 0 Å². The third-order valence-corrected chi connectivity index (χ3v) is 25.4. The first-order chi connectivity index (χ1) is 33.4. The van der Waals surface area contributed by atoms with Crippen molar-refractivity contribution in [2.75, 3.05) is 26.7 Å². The summed E-state index contributed by atoms with van der Waals surface area (Å²) in [5.41, 5.74) is 4.07. The van der Waals surface area contributed by atoms with Crippen molar-refractivity contribution in [3.63, 3.8) is 0 Å². The van der Waals surface area contributed by atoms with E-state index in [0.717, 1.165) is 22.6 Å². The normalized spacial score (nSPS) is 17.0. The molecule has 0 spiro atoms. The molecule has 0 aliphatic heterocycles. The molecule has 12 rings (SSSR count). The Morgan fingerprint density at radius 3 is 0.736 bits per heavy atom. The van der Waals surface area contributed by atoms with Gasteiger partial charge in [0.25, 0.3) is 0 Å². The second kappa shape index (κ2) is 31.7. The summed E-state index contributed by atoms with van der Waals surface area (Å²) in [6.07, 6.45) is 29.8. The molecule has 0 aromatic heterocycles. The summed E-state index contributed by atoms with van der Waals surface area (Å²) < 4.78 is 0. The largest absolute Gasteiger partial charge is 2.00 e. The fraction of sp³-hybridized carbons (Fsp3) is 0.438. The second-order valence-electron chi connectivity index (χ2n) is 21.1. The Balaban J connectivity index is 0.000000182. The van der Waals surface area contributed by atoms with Crippen molar-refractivity contribution in [2.45, 2.75) is 151 Å². The zero-order valence-corrected chi connectivity index (χ0v) is 53.9. The summed E-state index contributed by atoms with van der Waals surface area (Å²) in [5.74, 6) is 0. The summed E-state index contributed by atoms with van der Waals surface area (Å²) in [6, 6.07) is 54.5. The Morgan fingerprint density at radius 1 is 0.306 bits per heavy atom. The van der Waals surface area contributed by atoms with Crippen LogP contribution < -0.4 is 46.0 Å². The van der Waals surface area contributed by atoms with Gasteiger partial charge in [-0.2, -0.15) is 24.3 Å². The number of benzene rings is 4. The molecule has 0 atom stereocenters. The molecule has 0 saturated heterocycles.